The Morgan fingerprint density at radius 3 is 2.60 bits per heavy atom. The van der Waals surface area contributed by atoms with Crippen molar-refractivity contribution in [2.24, 2.45) is 0 Å². The molecule has 20 heavy (non-hydrogen) atoms. The van der Waals surface area contributed by atoms with E-state index in [4.69, 9.17) is 0 Å². The van der Waals surface area contributed by atoms with E-state index in [1.807, 2.05) is 44.2 Å². The predicted molar refractivity (Wildman–Crippen MR) is 90.7 cm³/mol. The number of phenolic OH excluding ortho intramolecular Hbond substituents is 1. The van der Waals surface area contributed by atoms with Crippen LogP contribution in [0.1, 0.15) is 18.9 Å². The first kappa shape index (κ1) is 15.0. The normalized spacial score (nSPS) is 10.2. The Balaban J connectivity index is 0.000000704. The average Bonchev–Trinajstić information content (AvgIpc) is 2.92. The molecule has 0 amide bonds. The minimum absolute atomic E-state index is 0.299. The summed E-state index contributed by atoms with van der Waals surface area (Å²) in [6.07, 6.45) is 0. The summed E-state index contributed by atoms with van der Waals surface area (Å²) in [5.74, 6) is 0.299. The van der Waals surface area contributed by atoms with Crippen molar-refractivity contribution in [1.82, 2.24) is 4.98 Å². The van der Waals surface area contributed by atoms with Crippen molar-refractivity contribution in [3.63, 3.8) is 0 Å². The zero-order valence-corrected chi connectivity index (χ0v) is 13.8. The fourth-order valence-electron chi connectivity index (χ4n) is 1.92. The molecule has 2 aromatic carbocycles. The van der Waals surface area contributed by atoms with Gasteiger partial charge in [0, 0.05) is 5.56 Å². The Bertz CT molecular complexity index is 709. The molecule has 0 atom stereocenters. The molecule has 0 bridgehead atoms. The van der Waals surface area contributed by atoms with Crippen LogP contribution in [0.4, 0.5) is 0 Å². The molecular weight excluding hydrogens is 334 g/mol. The third-order valence-electron chi connectivity index (χ3n) is 2.76. The number of benzene rings is 2. The lowest BCUT2D eigenvalue weighted by molar-refractivity contribution is 0.477. The zero-order chi connectivity index (χ0) is 14.5. The average molecular weight is 350 g/mol. The maximum absolute atomic E-state index is 9.86. The molecule has 2 nitrogen and oxygen atoms in total. The fraction of sp³-hybridized carbons (Fsp3) is 0.188. The van der Waals surface area contributed by atoms with Crippen LogP contribution in [0, 0.1) is 0 Å². The Morgan fingerprint density at radius 2 is 1.90 bits per heavy atom. The van der Waals surface area contributed by atoms with Gasteiger partial charge in [-0.2, -0.15) is 0 Å². The summed E-state index contributed by atoms with van der Waals surface area (Å²) in [6.45, 7) is 4.00. The summed E-state index contributed by atoms with van der Waals surface area (Å²) in [5, 5.41) is 11.7. The molecule has 0 aliphatic rings. The van der Waals surface area contributed by atoms with Crippen LogP contribution in [0.3, 0.4) is 0 Å². The number of aromatic nitrogens is 1. The molecule has 1 aromatic heterocycles. The number of alkyl halides is 1. The predicted octanol–water partition coefficient (Wildman–Crippen LogP) is 5.59. The molecule has 0 fully saturated rings. The van der Waals surface area contributed by atoms with Gasteiger partial charge in [-0.1, -0.05) is 54.0 Å². The van der Waals surface area contributed by atoms with Crippen LogP contribution in [0.5, 0.6) is 5.75 Å². The first-order valence-corrected chi connectivity index (χ1v) is 8.45. The first-order valence-electron chi connectivity index (χ1n) is 6.52. The van der Waals surface area contributed by atoms with E-state index in [0.29, 0.717) is 5.75 Å². The summed E-state index contributed by atoms with van der Waals surface area (Å²) in [4.78, 5) is 4.54. The second-order valence-electron chi connectivity index (χ2n) is 3.94. The number of hydrogen-bond donors (Lipinski definition) is 1. The number of halogens is 1. The fourth-order valence-corrected chi connectivity index (χ4v) is 3.18. The van der Waals surface area contributed by atoms with E-state index in [-0.39, 0.29) is 0 Å². The van der Waals surface area contributed by atoms with Gasteiger partial charge in [0.1, 0.15) is 10.8 Å². The molecule has 4 heteroatoms. The maximum Gasteiger partial charge on any atom is 0.123 e. The molecular formula is C16H16BrNOS. The molecule has 1 heterocycles. The molecule has 3 aromatic rings. The van der Waals surface area contributed by atoms with Crippen LogP contribution in [-0.2, 0) is 5.33 Å². The Kier molecular flexibility index (Phi) is 5.15. The van der Waals surface area contributed by atoms with Crippen LogP contribution in [0.2, 0.25) is 0 Å². The topological polar surface area (TPSA) is 33.1 Å². The van der Waals surface area contributed by atoms with Gasteiger partial charge < -0.3 is 5.11 Å². The monoisotopic (exact) mass is 349 g/mol. The molecule has 0 aliphatic heterocycles. The van der Waals surface area contributed by atoms with E-state index in [0.717, 1.165) is 27.0 Å². The number of thiazole rings is 1. The summed E-state index contributed by atoms with van der Waals surface area (Å²) in [7, 11) is 0. The number of phenols is 1. The molecule has 0 spiro atoms. The lowest BCUT2D eigenvalue weighted by Crippen LogP contribution is -1.79. The molecule has 0 aliphatic carbocycles. The van der Waals surface area contributed by atoms with Crippen molar-refractivity contribution in [2.75, 3.05) is 0 Å². The van der Waals surface area contributed by atoms with Crippen LogP contribution in [0.15, 0.2) is 42.5 Å². The van der Waals surface area contributed by atoms with Crippen molar-refractivity contribution in [2.45, 2.75) is 19.2 Å². The molecule has 1 N–H and O–H groups in total. The molecule has 104 valence electrons. The van der Waals surface area contributed by atoms with Gasteiger partial charge in [-0.05, 0) is 23.8 Å². The van der Waals surface area contributed by atoms with Crippen molar-refractivity contribution in [3.8, 4) is 16.9 Å². The standard InChI is InChI=1S/C14H10BrNOS.C2H6/c15-8-14-16-11-7-9(5-6-13(11)18-14)10-3-1-2-4-12(10)17;1-2/h1-7,17H,8H2;1-2H3. The minimum Gasteiger partial charge on any atom is -0.507 e. The lowest BCUT2D eigenvalue weighted by Gasteiger charge is -2.03. The van der Waals surface area contributed by atoms with Crippen molar-refractivity contribution in [3.05, 3.63) is 47.5 Å². The van der Waals surface area contributed by atoms with Crippen LogP contribution in [-0.4, -0.2) is 10.1 Å². The van der Waals surface area contributed by atoms with E-state index in [2.05, 4.69) is 27.0 Å². The molecule has 0 saturated carbocycles. The number of fused-ring (bicyclic) bond motifs is 1. The van der Waals surface area contributed by atoms with Gasteiger partial charge in [-0.3, -0.25) is 0 Å². The Labute approximate surface area is 131 Å². The van der Waals surface area contributed by atoms with Gasteiger partial charge in [0.05, 0.1) is 15.5 Å². The molecule has 0 radical (unpaired) electrons. The first-order chi connectivity index (χ1) is 9.78. The van der Waals surface area contributed by atoms with Crippen LogP contribution >= 0.6 is 27.3 Å². The van der Waals surface area contributed by atoms with Crippen molar-refractivity contribution >= 4 is 37.5 Å². The van der Waals surface area contributed by atoms with E-state index < -0.39 is 0 Å². The van der Waals surface area contributed by atoms with E-state index >= 15 is 0 Å². The van der Waals surface area contributed by atoms with Gasteiger partial charge >= 0.3 is 0 Å². The molecule has 3 rings (SSSR count). The minimum atomic E-state index is 0.299. The third kappa shape index (κ3) is 3.02. The van der Waals surface area contributed by atoms with Gasteiger partial charge in [0.2, 0.25) is 0 Å². The largest absolute Gasteiger partial charge is 0.507 e. The van der Waals surface area contributed by atoms with Gasteiger partial charge in [0.15, 0.2) is 0 Å². The summed E-state index contributed by atoms with van der Waals surface area (Å²) >= 11 is 5.10. The van der Waals surface area contributed by atoms with Crippen molar-refractivity contribution in [1.29, 1.82) is 0 Å². The van der Waals surface area contributed by atoms with Gasteiger partial charge in [-0.25, -0.2) is 4.98 Å². The van der Waals surface area contributed by atoms with Crippen LogP contribution in [0.25, 0.3) is 21.3 Å². The number of aromatic hydroxyl groups is 1. The summed E-state index contributed by atoms with van der Waals surface area (Å²) < 4.78 is 1.17. The molecule has 0 unspecified atom stereocenters. The second-order valence-corrected chi connectivity index (χ2v) is 5.62. The Hall–Kier alpha value is -1.39. The number of rotatable bonds is 2. The van der Waals surface area contributed by atoms with E-state index in [1.165, 1.54) is 4.70 Å². The quantitative estimate of drug-likeness (QED) is 0.611. The number of hydrogen-bond acceptors (Lipinski definition) is 3. The SMILES string of the molecule is CC.Oc1ccccc1-c1ccc2sc(CBr)nc2c1. The highest BCUT2D eigenvalue weighted by Crippen LogP contribution is 2.32. The summed E-state index contributed by atoms with van der Waals surface area (Å²) in [5.41, 5.74) is 2.81. The summed E-state index contributed by atoms with van der Waals surface area (Å²) in [6, 6.07) is 13.5. The smallest absolute Gasteiger partial charge is 0.123 e. The highest BCUT2D eigenvalue weighted by atomic mass is 79.9. The number of para-hydroxylation sites is 1. The van der Waals surface area contributed by atoms with Crippen LogP contribution < -0.4 is 0 Å². The highest BCUT2D eigenvalue weighted by molar-refractivity contribution is 9.08. The maximum atomic E-state index is 9.86. The molecule has 0 saturated heterocycles. The zero-order valence-electron chi connectivity index (χ0n) is 11.4. The lowest BCUT2D eigenvalue weighted by atomic mass is 10.0. The van der Waals surface area contributed by atoms with E-state index in [1.54, 1.807) is 17.4 Å². The van der Waals surface area contributed by atoms with Gasteiger partial charge in [0.25, 0.3) is 0 Å². The highest BCUT2D eigenvalue weighted by Gasteiger charge is 2.07. The van der Waals surface area contributed by atoms with Crippen molar-refractivity contribution < 1.29 is 5.11 Å². The number of nitrogens with zero attached hydrogens (tertiary/aromatic N) is 1. The van der Waals surface area contributed by atoms with Gasteiger partial charge in [-0.15, -0.1) is 11.3 Å². The third-order valence-corrected chi connectivity index (χ3v) is 4.70. The van der Waals surface area contributed by atoms with E-state index in [9.17, 15) is 5.11 Å². The Morgan fingerprint density at radius 1 is 1.15 bits per heavy atom. The second kappa shape index (κ2) is 6.86.